The molecular weight excluding hydrogens is 352 g/mol. The molecule has 0 saturated heterocycles. The van der Waals surface area contributed by atoms with Crippen molar-refractivity contribution >= 4 is 23.2 Å². The van der Waals surface area contributed by atoms with Crippen molar-refractivity contribution in [1.82, 2.24) is 9.97 Å². The molecule has 1 aromatic heterocycles. The molecule has 0 aliphatic heterocycles. The quantitative estimate of drug-likeness (QED) is 0.732. The monoisotopic (exact) mass is 374 g/mol. The summed E-state index contributed by atoms with van der Waals surface area (Å²) in [5.41, 5.74) is 2.88. The van der Waals surface area contributed by atoms with Crippen molar-refractivity contribution in [3.05, 3.63) is 83.4 Å². The van der Waals surface area contributed by atoms with Crippen LogP contribution in [0.2, 0.25) is 0 Å². The van der Waals surface area contributed by atoms with Crippen LogP contribution in [-0.4, -0.2) is 28.3 Å². The number of nitrogens with one attached hydrogen (secondary N) is 1. The average molecular weight is 374 g/mol. The van der Waals surface area contributed by atoms with Gasteiger partial charge in [-0.3, -0.25) is 9.59 Å². The number of hydrogen-bond donors (Lipinski definition) is 1. The van der Waals surface area contributed by atoms with Crippen LogP contribution < -0.4 is 10.2 Å². The van der Waals surface area contributed by atoms with Crippen LogP contribution in [0.5, 0.6) is 0 Å². The topological polar surface area (TPSA) is 75.2 Å². The summed E-state index contributed by atoms with van der Waals surface area (Å²) in [4.78, 5) is 35.5. The van der Waals surface area contributed by atoms with E-state index in [9.17, 15) is 9.59 Å². The summed E-state index contributed by atoms with van der Waals surface area (Å²) in [5, 5.41) is 2.80. The van der Waals surface area contributed by atoms with E-state index < -0.39 is 0 Å². The second kappa shape index (κ2) is 8.43. The first-order valence-corrected chi connectivity index (χ1v) is 9.08. The van der Waals surface area contributed by atoms with E-state index in [0.29, 0.717) is 29.3 Å². The van der Waals surface area contributed by atoms with Gasteiger partial charge in [-0.25, -0.2) is 9.97 Å². The fourth-order valence-electron chi connectivity index (χ4n) is 2.97. The molecule has 1 heterocycles. The molecule has 6 nitrogen and oxygen atoms in total. The first kappa shape index (κ1) is 19.2. The van der Waals surface area contributed by atoms with Gasteiger partial charge in [0, 0.05) is 29.2 Å². The van der Waals surface area contributed by atoms with Gasteiger partial charge in [0.1, 0.15) is 11.5 Å². The van der Waals surface area contributed by atoms with Gasteiger partial charge in [0.15, 0.2) is 0 Å². The third kappa shape index (κ3) is 4.40. The predicted octanol–water partition coefficient (Wildman–Crippen LogP) is 4.01. The highest BCUT2D eigenvalue weighted by atomic mass is 16.2. The lowest BCUT2D eigenvalue weighted by molar-refractivity contribution is 0.0985. The molecule has 2 aromatic carbocycles. The Morgan fingerprint density at radius 3 is 2.39 bits per heavy atom. The zero-order chi connectivity index (χ0) is 20.1. The number of aryl methyl sites for hydroxylation is 2. The number of anilines is 2. The minimum Gasteiger partial charge on any atom is -0.321 e. The Hall–Kier alpha value is -3.54. The summed E-state index contributed by atoms with van der Waals surface area (Å²) >= 11 is 0. The van der Waals surface area contributed by atoms with Crippen LogP contribution in [0.15, 0.2) is 60.7 Å². The number of rotatable bonds is 5. The molecule has 0 bridgehead atoms. The fourth-order valence-corrected chi connectivity index (χ4v) is 2.97. The molecule has 0 aliphatic carbocycles. The zero-order valence-electron chi connectivity index (χ0n) is 16.1. The maximum absolute atomic E-state index is 13.0. The molecule has 142 valence electrons. The molecular formula is C22H22N4O2. The van der Waals surface area contributed by atoms with Crippen LogP contribution >= 0.6 is 0 Å². The highest BCUT2D eigenvalue weighted by Crippen LogP contribution is 2.19. The van der Waals surface area contributed by atoms with Crippen molar-refractivity contribution in [3.63, 3.8) is 0 Å². The van der Waals surface area contributed by atoms with E-state index in [2.05, 4.69) is 15.3 Å². The normalized spacial score (nSPS) is 10.4. The summed E-state index contributed by atoms with van der Waals surface area (Å²) in [6.07, 6.45) is 0. The lowest BCUT2D eigenvalue weighted by Gasteiger charge is -2.21. The van der Waals surface area contributed by atoms with Gasteiger partial charge in [-0.05, 0) is 57.2 Å². The fraction of sp³-hybridized carbons (Fsp3) is 0.182. The SMILES string of the molecule is CCN(C(=O)c1cccc(NC(=O)c2cc(C)nc(C)n2)c1)c1ccccc1. The van der Waals surface area contributed by atoms with Crippen molar-refractivity contribution in [2.45, 2.75) is 20.8 Å². The summed E-state index contributed by atoms with van der Waals surface area (Å²) in [5.74, 6) is 0.0719. The van der Waals surface area contributed by atoms with Crippen LogP contribution in [0.4, 0.5) is 11.4 Å². The number of aromatic nitrogens is 2. The molecule has 3 rings (SSSR count). The average Bonchev–Trinajstić information content (AvgIpc) is 2.69. The Morgan fingerprint density at radius 1 is 0.964 bits per heavy atom. The van der Waals surface area contributed by atoms with E-state index in [0.717, 1.165) is 11.4 Å². The van der Waals surface area contributed by atoms with Gasteiger partial charge in [-0.15, -0.1) is 0 Å². The Kier molecular flexibility index (Phi) is 5.79. The molecule has 0 aliphatic rings. The lowest BCUT2D eigenvalue weighted by atomic mass is 10.1. The number of benzene rings is 2. The minimum atomic E-state index is -0.339. The van der Waals surface area contributed by atoms with E-state index in [4.69, 9.17) is 0 Å². The predicted molar refractivity (Wildman–Crippen MR) is 110 cm³/mol. The second-order valence-corrected chi connectivity index (χ2v) is 6.36. The molecule has 6 heteroatoms. The van der Waals surface area contributed by atoms with Gasteiger partial charge in [0.25, 0.3) is 11.8 Å². The van der Waals surface area contributed by atoms with Gasteiger partial charge >= 0.3 is 0 Å². The molecule has 0 saturated carbocycles. The maximum atomic E-state index is 13.0. The van der Waals surface area contributed by atoms with Gasteiger partial charge in [0.05, 0.1) is 0 Å². The number of carbonyl (C=O) groups excluding carboxylic acids is 2. The molecule has 0 fully saturated rings. The van der Waals surface area contributed by atoms with E-state index in [1.807, 2.05) is 44.2 Å². The Labute approximate surface area is 164 Å². The molecule has 0 unspecified atom stereocenters. The molecule has 0 atom stereocenters. The van der Waals surface area contributed by atoms with Crippen LogP contribution in [0.3, 0.4) is 0 Å². The van der Waals surface area contributed by atoms with Crippen LogP contribution in [0, 0.1) is 13.8 Å². The number of nitrogens with zero attached hydrogens (tertiary/aromatic N) is 3. The molecule has 1 N–H and O–H groups in total. The summed E-state index contributed by atoms with van der Waals surface area (Å²) in [6.45, 7) is 6.02. The Balaban J connectivity index is 1.81. The number of carbonyl (C=O) groups is 2. The molecule has 0 radical (unpaired) electrons. The summed E-state index contributed by atoms with van der Waals surface area (Å²) in [7, 11) is 0. The van der Waals surface area contributed by atoms with Gasteiger partial charge in [0.2, 0.25) is 0 Å². The third-order valence-electron chi connectivity index (χ3n) is 4.20. The first-order valence-electron chi connectivity index (χ1n) is 9.08. The van der Waals surface area contributed by atoms with Gasteiger partial charge in [-0.1, -0.05) is 24.3 Å². The van der Waals surface area contributed by atoms with E-state index in [1.54, 1.807) is 42.2 Å². The Morgan fingerprint density at radius 2 is 1.71 bits per heavy atom. The molecule has 2 amide bonds. The second-order valence-electron chi connectivity index (χ2n) is 6.36. The lowest BCUT2D eigenvalue weighted by Crippen LogP contribution is -2.30. The highest BCUT2D eigenvalue weighted by Gasteiger charge is 2.17. The third-order valence-corrected chi connectivity index (χ3v) is 4.20. The zero-order valence-corrected chi connectivity index (χ0v) is 16.1. The number of para-hydroxylation sites is 1. The van der Waals surface area contributed by atoms with Crippen LogP contribution in [0.1, 0.15) is 39.3 Å². The summed E-state index contributed by atoms with van der Waals surface area (Å²) < 4.78 is 0. The standard InChI is InChI=1S/C22H22N4O2/c1-4-26(19-11-6-5-7-12-19)22(28)17-9-8-10-18(14-17)25-21(27)20-13-15(2)23-16(3)24-20/h5-14H,4H2,1-3H3,(H,25,27). The van der Waals surface area contributed by atoms with Crippen molar-refractivity contribution in [2.24, 2.45) is 0 Å². The number of amides is 2. The van der Waals surface area contributed by atoms with Crippen molar-refractivity contribution in [3.8, 4) is 0 Å². The van der Waals surface area contributed by atoms with Crippen molar-refractivity contribution in [2.75, 3.05) is 16.8 Å². The summed E-state index contributed by atoms with van der Waals surface area (Å²) in [6, 6.07) is 18.0. The molecule has 3 aromatic rings. The smallest absolute Gasteiger partial charge is 0.274 e. The molecule has 28 heavy (non-hydrogen) atoms. The molecule has 0 spiro atoms. The van der Waals surface area contributed by atoms with Crippen molar-refractivity contribution in [1.29, 1.82) is 0 Å². The highest BCUT2D eigenvalue weighted by molar-refractivity contribution is 6.08. The minimum absolute atomic E-state index is 0.126. The first-order chi connectivity index (χ1) is 13.5. The maximum Gasteiger partial charge on any atom is 0.274 e. The van der Waals surface area contributed by atoms with Crippen molar-refractivity contribution < 1.29 is 9.59 Å². The van der Waals surface area contributed by atoms with E-state index in [1.165, 1.54) is 0 Å². The largest absolute Gasteiger partial charge is 0.321 e. The van der Waals surface area contributed by atoms with Crippen LogP contribution in [0.25, 0.3) is 0 Å². The van der Waals surface area contributed by atoms with E-state index in [-0.39, 0.29) is 11.8 Å². The Bertz CT molecular complexity index is 982. The number of hydrogen-bond acceptors (Lipinski definition) is 4. The van der Waals surface area contributed by atoms with Crippen LogP contribution in [-0.2, 0) is 0 Å². The van der Waals surface area contributed by atoms with Gasteiger partial charge < -0.3 is 10.2 Å². The van der Waals surface area contributed by atoms with Gasteiger partial charge in [-0.2, -0.15) is 0 Å². The van der Waals surface area contributed by atoms with E-state index >= 15 is 0 Å².